The number of carbonyl (C=O) groups is 2. The minimum Gasteiger partial charge on any atom is -0.507 e. The lowest BCUT2D eigenvalue weighted by Gasteiger charge is -2.35. The van der Waals surface area contributed by atoms with Gasteiger partial charge >= 0.3 is 0 Å². The highest BCUT2D eigenvalue weighted by atomic mass is 16.3. The van der Waals surface area contributed by atoms with E-state index in [1.165, 1.54) is 6.42 Å². The molecule has 0 radical (unpaired) electrons. The number of carbonyl (C=O) groups excluding carboxylic acids is 2. The zero-order chi connectivity index (χ0) is 21.0. The first-order chi connectivity index (χ1) is 13.9. The van der Waals surface area contributed by atoms with E-state index in [9.17, 15) is 19.8 Å². The summed E-state index contributed by atoms with van der Waals surface area (Å²) in [7, 11) is 0. The van der Waals surface area contributed by atoms with Gasteiger partial charge in [-0.3, -0.25) is 14.5 Å². The monoisotopic (exact) mass is 395 g/mol. The summed E-state index contributed by atoms with van der Waals surface area (Å²) in [5, 5.41) is 21.1. The second-order valence-electron chi connectivity index (χ2n) is 8.16. The van der Waals surface area contributed by atoms with Crippen molar-refractivity contribution >= 4 is 12.6 Å². The minimum absolute atomic E-state index is 0.0217. The molecule has 0 aliphatic heterocycles. The molecule has 2 aromatic rings. The van der Waals surface area contributed by atoms with E-state index in [2.05, 4.69) is 4.90 Å². The third-order valence-corrected chi connectivity index (χ3v) is 5.82. The smallest absolute Gasteiger partial charge is 0.153 e. The standard InChI is InChI=1S/C24H29NO4/c1-16-8-18(23(28)20(10-16)14-26)12-25(22-6-4-3-5-7-22)13-19-9-17(2)11-21(15-27)24(19)29/h8-11,14-15,22,28-29H,3-7,12-13H2,1-2H3. The molecule has 0 unspecified atom stereocenters. The van der Waals surface area contributed by atoms with Gasteiger partial charge in [-0.05, 0) is 49.9 Å². The zero-order valence-corrected chi connectivity index (χ0v) is 17.1. The number of aldehydes is 2. The molecule has 1 aliphatic carbocycles. The van der Waals surface area contributed by atoms with E-state index >= 15 is 0 Å². The molecule has 0 aromatic heterocycles. The van der Waals surface area contributed by atoms with E-state index in [4.69, 9.17) is 0 Å². The number of hydrogen-bond donors (Lipinski definition) is 2. The second-order valence-corrected chi connectivity index (χ2v) is 8.16. The molecular weight excluding hydrogens is 366 g/mol. The maximum absolute atomic E-state index is 11.3. The van der Waals surface area contributed by atoms with E-state index in [0.717, 1.165) is 36.8 Å². The van der Waals surface area contributed by atoms with E-state index in [1.54, 1.807) is 12.1 Å². The summed E-state index contributed by atoms with van der Waals surface area (Å²) in [5.41, 5.74) is 3.85. The van der Waals surface area contributed by atoms with Gasteiger partial charge in [0.25, 0.3) is 0 Å². The Morgan fingerprint density at radius 1 is 0.828 bits per heavy atom. The Morgan fingerprint density at radius 2 is 1.28 bits per heavy atom. The van der Waals surface area contributed by atoms with Gasteiger partial charge in [0.05, 0.1) is 11.1 Å². The number of aromatic hydroxyl groups is 2. The molecule has 2 N–H and O–H groups in total. The summed E-state index contributed by atoms with van der Waals surface area (Å²) in [5.74, 6) is 0.0434. The number of hydrogen-bond acceptors (Lipinski definition) is 5. The van der Waals surface area contributed by atoms with E-state index < -0.39 is 0 Å². The Morgan fingerprint density at radius 3 is 1.69 bits per heavy atom. The highest BCUT2D eigenvalue weighted by Crippen LogP contribution is 2.32. The number of nitrogens with zero attached hydrogens (tertiary/aromatic N) is 1. The average molecular weight is 395 g/mol. The largest absolute Gasteiger partial charge is 0.507 e. The van der Waals surface area contributed by atoms with Crippen molar-refractivity contribution in [3.63, 3.8) is 0 Å². The van der Waals surface area contributed by atoms with Crippen LogP contribution in [0.4, 0.5) is 0 Å². The van der Waals surface area contributed by atoms with Crippen molar-refractivity contribution in [2.75, 3.05) is 0 Å². The molecule has 1 fully saturated rings. The van der Waals surface area contributed by atoms with Gasteiger partial charge in [0.15, 0.2) is 12.6 Å². The van der Waals surface area contributed by atoms with Gasteiger partial charge in [-0.2, -0.15) is 0 Å². The number of phenols is 2. The summed E-state index contributed by atoms with van der Waals surface area (Å²) < 4.78 is 0. The molecule has 5 nitrogen and oxygen atoms in total. The molecule has 1 saturated carbocycles. The van der Waals surface area contributed by atoms with E-state index in [1.807, 2.05) is 26.0 Å². The van der Waals surface area contributed by atoms with Gasteiger partial charge in [-0.15, -0.1) is 0 Å². The lowest BCUT2D eigenvalue weighted by atomic mass is 9.92. The number of rotatable bonds is 7. The zero-order valence-electron chi connectivity index (χ0n) is 17.1. The number of phenolic OH excluding ortho intramolecular Hbond substituents is 2. The van der Waals surface area contributed by atoms with Crippen LogP contribution in [0, 0.1) is 13.8 Å². The summed E-state index contributed by atoms with van der Waals surface area (Å²) in [6, 6.07) is 7.50. The average Bonchev–Trinajstić information content (AvgIpc) is 2.72. The van der Waals surface area contributed by atoms with Gasteiger partial charge in [-0.1, -0.05) is 31.4 Å². The Hall–Kier alpha value is -2.66. The summed E-state index contributed by atoms with van der Waals surface area (Å²) >= 11 is 0. The summed E-state index contributed by atoms with van der Waals surface area (Å²) in [6.45, 7) is 4.76. The van der Waals surface area contributed by atoms with Crippen molar-refractivity contribution in [3.8, 4) is 11.5 Å². The lowest BCUT2D eigenvalue weighted by Crippen LogP contribution is -2.36. The third-order valence-electron chi connectivity index (χ3n) is 5.82. The Labute approximate surface area is 172 Å². The van der Waals surface area contributed by atoms with Gasteiger partial charge in [0, 0.05) is 30.3 Å². The summed E-state index contributed by atoms with van der Waals surface area (Å²) in [6.07, 6.45) is 7.00. The lowest BCUT2D eigenvalue weighted by molar-refractivity contribution is 0.111. The molecule has 0 heterocycles. The van der Waals surface area contributed by atoms with Crippen LogP contribution >= 0.6 is 0 Å². The van der Waals surface area contributed by atoms with Crippen molar-refractivity contribution < 1.29 is 19.8 Å². The van der Waals surface area contributed by atoms with Crippen LogP contribution in [0.5, 0.6) is 11.5 Å². The molecule has 5 heteroatoms. The van der Waals surface area contributed by atoms with Crippen molar-refractivity contribution in [2.45, 2.75) is 65.1 Å². The molecule has 2 aromatic carbocycles. The molecule has 3 rings (SSSR count). The molecule has 29 heavy (non-hydrogen) atoms. The maximum atomic E-state index is 11.3. The topological polar surface area (TPSA) is 77.8 Å². The van der Waals surface area contributed by atoms with Crippen LogP contribution in [0.3, 0.4) is 0 Å². The fraction of sp³-hybridized carbons (Fsp3) is 0.417. The Balaban J connectivity index is 1.96. The molecule has 154 valence electrons. The molecule has 0 amide bonds. The van der Waals surface area contributed by atoms with E-state index in [-0.39, 0.29) is 11.5 Å². The first-order valence-electron chi connectivity index (χ1n) is 10.2. The molecule has 0 atom stereocenters. The second kappa shape index (κ2) is 9.23. The fourth-order valence-corrected chi connectivity index (χ4v) is 4.39. The summed E-state index contributed by atoms with van der Waals surface area (Å²) in [4.78, 5) is 24.9. The predicted molar refractivity (Wildman–Crippen MR) is 113 cm³/mol. The molecule has 1 aliphatic rings. The van der Waals surface area contributed by atoms with Crippen LogP contribution in [0.15, 0.2) is 24.3 Å². The van der Waals surface area contributed by atoms with Crippen molar-refractivity contribution in [3.05, 3.63) is 57.6 Å². The molecule has 0 bridgehead atoms. The molecule has 0 saturated heterocycles. The fourth-order valence-electron chi connectivity index (χ4n) is 4.39. The van der Waals surface area contributed by atoms with Crippen LogP contribution in [0.25, 0.3) is 0 Å². The maximum Gasteiger partial charge on any atom is 0.153 e. The Kier molecular flexibility index (Phi) is 6.70. The van der Waals surface area contributed by atoms with Crippen LogP contribution in [-0.2, 0) is 13.1 Å². The molecule has 0 spiro atoms. The highest BCUT2D eigenvalue weighted by Gasteiger charge is 2.24. The quantitative estimate of drug-likeness (QED) is 0.666. The first kappa shape index (κ1) is 21.1. The highest BCUT2D eigenvalue weighted by molar-refractivity contribution is 5.81. The minimum atomic E-state index is 0.0217. The van der Waals surface area contributed by atoms with Crippen molar-refractivity contribution in [1.82, 2.24) is 4.90 Å². The normalized spacial score (nSPS) is 14.9. The third kappa shape index (κ3) is 4.85. The van der Waals surface area contributed by atoms with Crippen LogP contribution in [0.2, 0.25) is 0 Å². The van der Waals surface area contributed by atoms with Crippen LogP contribution in [0.1, 0.15) is 75.1 Å². The van der Waals surface area contributed by atoms with E-state index in [0.29, 0.717) is 54.0 Å². The van der Waals surface area contributed by atoms with Gasteiger partial charge < -0.3 is 10.2 Å². The first-order valence-corrected chi connectivity index (χ1v) is 10.2. The SMILES string of the molecule is Cc1cc(C=O)c(O)c(CN(Cc2cc(C)cc(C=O)c2O)C2CCCCC2)c1. The molecular formula is C24H29NO4. The van der Waals surface area contributed by atoms with Gasteiger partial charge in [-0.25, -0.2) is 0 Å². The van der Waals surface area contributed by atoms with Crippen LogP contribution < -0.4 is 0 Å². The number of aryl methyl sites for hydroxylation is 2. The van der Waals surface area contributed by atoms with Crippen LogP contribution in [-0.4, -0.2) is 33.7 Å². The van der Waals surface area contributed by atoms with Gasteiger partial charge in [0.2, 0.25) is 0 Å². The predicted octanol–water partition coefficient (Wildman–Crippen LogP) is 4.67. The van der Waals surface area contributed by atoms with Crippen molar-refractivity contribution in [2.24, 2.45) is 0 Å². The van der Waals surface area contributed by atoms with Crippen molar-refractivity contribution in [1.29, 1.82) is 0 Å². The number of benzene rings is 2. The van der Waals surface area contributed by atoms with Gasteiger partial charge in [0.1, 0.15) is 11.5 Å². The Bertz CT molecular complexity index is 835.